The quantitative estimate of drug-likeness (QED) is 0.827. The molecule has 2 aromatic rings. The van der Waals surface area contributed by atoms with E-state index in [1.54, 1.807) is 4.68 Å². The van der Waals surface area contributed by atoms with Crippen molar-refractivity contribution in [2.24, 2.45) is 7.05 Å². The number of anilines is 1. The molecule has 1 heterocycles. The van der Waals surface area contributed by atoms with E-state index in [-0.39, 0.29) is 11.6 Å². The Morgan fingerprint density at radius 2 is 1.96 bits per heavy atom. The number of rotatable bonds is 5. The molecule has 0 amide bonds. The molecular weight excluding hydrogens is 308 g/mol. The topological polar surface area (TPSA) is 51.0 Å². The molecular formula is C17H24N4OS. The summed E-state index contributed by atoms with van der Waals surface area (Å²) in [7, 11) is 1.87. The standard InChI is InChI=1S/C17H24N4OS/c1-5-9-12(2)18-17(23)19-15-13(3)20(4)21(16(15)22)14-10-7-6-8-11-14/h6-8,10-12H,5,9H2,1-4H3,(H2,18,19,23). The molecule has 1 atom stereocenters. The van der Waals surface area contributed by atoms with Gasteiger partial charge in [-0.3, -0.25) is 9.48 Å². The van der Waals surface area contributed by atoms with Gasteiger partial charge in [0.25, 0.3) is 5.56 Å². The normalized spacial score (nSPS) is 12.0. The van der Waals surface area contributed by atoms with E-state index < -0.39 is 0 Å². The summed E-state index contributed by atoms with van der Waals surface area (Å²) in [5.41, 5.74) is 2.07. The summed E-state index contributed by atoms with van der Waals surface area (Å²) in [5, 5.41) is 6.76. The lowest BCUT2D eigenvalue weighted by Crippen LogP contribution is -2.37. The second kappa shape index (κ2) is 7.46. The largest absolute Gasteiger partial charge is 0.360 e. The van der Waals surface area contributed by atoms with Crippen LogP contribution < -0.4 is 16.2 Å². The molecule has 23 heavy (non-hydrogen) atoms. The first-order chi connectivity index (χ1) is 11.0. The number of thiocarbonyl (C=S) groups is 1. The Morgan fingerprint density at radius 3 is 2.57 bits per heavy atom. The number of nitrogens with one attached hydrogen (secondary N) is 2. The molecule has 0 aliphatic carbocycles. The molecule has 2 rings (SSSR count). The second-order valence-electron chi connectivity index (χ2n) is 5.72. The molecule has 6 heteroatoms. The Kier molecular flexibility index (Phi) is 5.60. The number of para-hydroxylation sites is 1. The predicted octanol–water partition coefficient (Wildman–Crippen LogP) is 2.96. The molecule has 0 aliphatic rings. The fourth-order valence-electron chi connectivity index (χ4n) is 2.59. The van der Waals surface area contributed by atoms with Crippen LogP contribution in [0.4, 0.5) is 5.69 Å². The Labute approximate surface area is 142 Å². The summed E-state index contributed by atoms with van der Waals surface area (Å²) < 4.78 is 3.47. The van der Waals surface area contributed by atoms with E-state index >= 15 is 0 Å². The molecule has 124 valence electrons. The van der Waals surface area contributed by atoms with Gasteiger partial charge in [-0.2, -0.15) is 0 Å². The third-order valence-electron chi connectivity index (χ3n) is 3.89. The van der Waals surface area contributed by atoms with Crippen molar-refractivity contribution >= 4 is 23.0 Å². The van der Waals surface area contributed by atoms with Crippen molar-refractivity contribution in [1.82, 2.24) is 14.7 Å². The van der Waals surface area contributed by atoms with Crippen LogP contribution in [-0.2, 0) is 7.05 Å². The highest BCUT2D eigenvalue weighted by Crippen LogP contribution is 2.13. The van der Waals surface area contributed by atoms with E-state index in [1.807, 2.05) is 49.0 Å². The minimum Gasteiger partial charge on any atom is -0.360 e. The molecule has 1 unspecified atom stereocenters. The van der Waals surface area contributed by atoms with Crippen LogP contribution in [-0.4, -0.2) is 20.5 Å². The van der Waals surface area contributed by atoms with Gasteiger partial charge in [0, 0.05) is 13.1 Å². The summed E-state index contributed by atoms with van der Waals surface area (Å²) in [6.07, 6.45) is 2.12. The molecule has 0 radical (unpaired) electrons. The van der Waals surface area contributed by atoms with Crippen LogP contribution >= 0.6 is 12.2 Å². The first-order valence-electron chi connectivity index (χ1n) is 7.87. The van der Waals surface area contributed by atoms with Crippen LogP contribution in [0.1, 0.15) is 32.4 Å². The van der Waals surface area contributed by atoms with Gasteiger partial charge >= 0.3 is 0 Å². The maximum Gasteiger partial charge on any atom is 0.295 e. The van der Waals surface area contributed by atoms with Crippen molar-refractivity contribution in [2.45, 2.75) is 39.7 Å². The highest BCUT2D eigenvalue weighted by atomic mass is 32.1. The minimum absolute atomic E-state index is 0.108. The fourth-order valence-corrected chi connectivity index (χ4v) is 2.89. The van der Waals surface area contributed by atoms with Crippen molar-refractivity contribution in [1.29, 1.82) is 0 Å². The number of nitrogens with zero attached hydrogens (tertiary/aromatic N) is 2. The van der Waals surface area contributed by atoms with Gasteiger partial charge in [-0.15, -0.1) is 0 Å². The lowest BCUT2D eigenvalue weighted by atomic mass is 10.2. The highest BCUT2D eigenvalue weighted by Gasteiger charge is 2.17. The van der Waals surface area contributed by atoms with E-state index in [0.29, 0.717) is 10.8 Å². The van der Waals surface area contributed by atoms with E-state index in [1.165, 1.54) is 0 Å². The van der Waals surface area contributed by atoms with Gasteiger partial charge in [0.2, 0.25) is 0 Å². The molecule has 2 N–H and O–H groups in total. The van der Waals surface area contributed by atoms with Crippen LogP contribution in [0.5, 0.6) is 0 Å². The molecule has 0 saturated carbocycles. The Bertz CT molecular complexity index is 733. The molecule has 0 bridgehead atoms. The molecule has 1 aromatic heterocycles. The lowest BCUT2D eigenvalue weighted by Gasteiger charge is -2.15. The second-order valence-corrected chi connectivity index (χ2v) is 6.13. The van der Waals surface area contributed by atoms with Gasteiger partial charge in [-0.1, -0.05) is 31.5 Å². The predicted molar refractivity (Wildman–Crippen MR) is 99.5 cm³/mol. The molecule has 0 fully saturated rings. The first-order valence-corrected chi connectivity index (χ1v) is 8.28. The average Bonchev–Trinajstić information content (AvgIpc) is 2.72. The molecule has 0 spiro atoms. The summed E-state index contributed by atoms with van der Waals surface area (Å²) in [5.74, 6) is 0. The molecule has 0 saturated heterocycles. The van der Waals surface area contributed by atoms with Crippen molar-refractivity contribution in [3.8, 4) is 5.69 Å². The number of aromatic nitrogens is 2. The van der Waals surface area contributed by atoms with Crippen molar-refractivity contribution in [2.75, 3.05) is 5.32 Å². The minimum atomic E-state index is -0.108. The molecule has 0 aliphatic heterocycles. The van der Waals surface area contributed by atoms with E-state index in [2.05, 4.69) is 24.5 Å². The fraction of sp³-hybridized carbons (Fsp3) is 0.412. The maximum absolute atomic E-state index is 12.8. The summed E-state index contributed by atoms with van der Waals surface area (Å²) in [4.78, 5) is 12.8. The van der Waals surface area contributed by atoms with Gasteiger partial charge in [0.05, 0.1) is 11.4 Å². The van der Waals surface area contributed by atoms with Crippen LogP contribution in [0, 0.1) is 6.92 Å². The van der Waals surface area contributed by atoms with Crippen LogP contribution in [0.2, 0.25) is 0 Å². The van der Waals surface area contributed by atoms with E-state index in [0.717, 1.165) is 24.2 Å². The van der Waals surface area contributed by atoms with Crippen LogP contribution in [0.3, 0.4) is 0 Å². The highest BCUT2D eigenvalue weighted by molar-refractivity contribution is 7.80. The average molecular weight is 332 g/mol. The molecule has 1 aromatic carbocycles. The molecule has 5 nitrogen and oxygen atoms in total. The Balaban J connectivity index is 2.28. The maximum atomic E-state index is 12.8. The van der Waals surface area contributed by atoms with E-state index in [9.17, 15) is 4.79 Å². The van der Waals surface area contributed by atoms with E-state index in [4.69, 9.17) is 12.2 Å². The number of hydrogen-bond donors (Lipinski definition) is 2. The van der Waals surface area contributed by atoms with Crippen molar-refractivity contribution in [3.63, 3.8) is 0 Å². The third kappa shape index (κ3) is 3.82. The zero-order valence-corrected chi connectivity index (χ0v) is 14.9. The van der Waals surface area contributed by atoms with Gasteiger partial charge in [0.1, 0.15) is 5.69 Å². The summed E-state index contributed by atoms with van der Waals surface area (Å²) in [6.45, 7) is 6.12. The van der Waals surface area contributed by atoms with Crippen molar-refractivity contribution in [3.05, 3.63) is 46.4 Å². The summed E-state index contributed by atoms with van der Waals surface area (Å²) in [6, 6.07) is 9.85. The number of hydrogen-bond acceptors (Lipinski definition) is 2. The smallest absolute Gasteiger partial charge is 0.295 e. The van der Waals surface area contributed by atoms with Crippen LogP contribution in [0.25, 0.3) is 5.69 Å². The van der Waals surface area contributed by atoms with Crippen LogP contribution in [0.15, 0.2) is 35.1 Å². The zero-order chi connectivity index (χ0) is 17.0. The summed E-state index contributed by atoms with van der Waals surface area (Å²) >= 11 is 5.34. The first kappa shape index (κ1) is 17.3. The zero-order valence-electron chi connectivity index (χ0n) is 14.1. The van der Waals surface area contributed by atoms with Gasteiger partial charge in [-0.25, -0.2) is 4.68 Å². The Morgan fingerprint density at radius 1 is 1.30 bits per heavy atom. The monoisotopic (exact) mass is 332 g/mol. The van der Waals surface area contributed by atoms with Gasteiger partial charge < -0.3 is 10.6 Å². The van der Waals surface area contributed by atoms with Gasteiger partial charge in [-0.05, 0) is 44.6 Å². The lowest BCUT2D eigenvalue weighted by molar-refractivity contribution is 0.599. The third-order valence-corrected chi connectivity index (χ3v) is 4.11. The number of benzene rings is 1. The SMILES string of the molecule is CCCC(C)NC(=S)Nc1c(C)n(C)n(-c2ccccc2)c1=O. The van der Waals surface area contributed by atoms with Crippen molar-refractivity contribution < 1.29 is 0 Å². The van der Waals surface area contributed by atoms with Gasteiger partial charge in [0.15, 0.2) is 5.11 Å². The Hall–Kier alpha value is -2.08.